The van der Waals surface area contributed by atoms with E-state index in [9.17, 15) is 4.39 Å². The minimum Gasteiger partial charge on any atom is -0.206 e. The van der Waals surface area contributed by atoms with Gasteiger partial charge in [-0.15, -0.1) is 0 Å². The molecule has 0 heterocycles. The van der Waals surface area contributed by atoms with Crippen LogP contribution in [0.4, 0.5) is 4.39 Å². The average Bonchev–Trinajstić information content (AvgIpc) is 2.02. The molecule has 0 bridgehead atoms. The zero-order valence-corrected chi connectivity index (χ0v) is 9.30. The average molecular weight is 286 g/mol. The summed E-state index contributed by atoms with van der Waals surface area (Å²) in [5, 5.41) is 1.72. The molecule has 66 valence electrons. The summed E-state index contributed by atoms with van der Waals surface area (Å²) in [5.41, 5.74) is 0.992. The van der Waals surface area contributed by atoms with Crippen LogP contribution in [0.3, 0.4) is 0 Å². The summed E-state index contributed by atoms with van der Waals surface area (Å²) in [5.74, 6) is -0.125. The fourth-order valence-corrected chi connectivity index (χ4v) is 2.13. The van der Waals surface area contributed by atoms with Crippen molar-refractivity contribution < 1.29 is 4.39 Å². The van der Waals surface area contributed by atoms with Crippen molar-refractivity contribution in [1.29, 1.82) is 0 Å². The Hall–Kier alpha value is -0.640. The van der Waals surface area contributed by atoms with E-state index in [-0.39, 0.29) is 5.82 Å². The third-order valence-electron chi connectivity index (χ3n) is 2.10. The first-order chi connectivity index (χ1) is 6.18. The Labute approximate surface area is 89.9 Å². The molecule has 0 unspecified atom stereocenters. The Bertz CT molecular complexity index is 463. The van der Waals surface area contributed by atoms with Gasteiger partial charge < -0.3 is 0 Å². The van der Waals surface area contributed by atoms with Crippen molar-refractivity contribution in [1.82, 2.24) is 0 Å². The van der Waals surface area contributed by atoms with Crippen LogP contribution in [0.1, 0.15) is 5.56 Å². The minimum absolute atomic E-state index is 0.125. The molecule has 0 radical (unpaired) electrons. The van der Waals surface area contributed by atoms with Gasteiger partial charge >= 0.3 is 0 Å². The number of hydrogen-bond donors (Lipinski definition) is 0. The van der Waals surface area contributed by atoms with Crippen LogP contribution in [0.15, 0.2) is 30.3 Å². The third kappa shape index (κ3) is 1.55. The highest BCUT2D eigenvalue weighted by Crippen LogP contribution is 2.23. The number of halogens is 2. The van der Waals surface area contributed by atoms with E-state index >= 15 is 0 Å². The zero-order valence-electron chi connectivity index (χ0n) is 7.14. The van der Waals surface area contributed by atoms with E-state index in [1.807, 2.05) is 31.2 Å². The van der Waals surface area contributed by atoms with Crippen molar-refractivity contribution in [2.75, 3.05) is 0 Å². The molecule has 0 aliphatic carbocycles. The van der Waals surface area contributed by atoms with Gasteiger partial charge in [-0.2, -0.15) is 0 Å². The molecule has 0 saturated heterocycles. The highest BCUT2D eigenvalue weighted by molar-refractivity contribution is 14.1. The molecule has 0 N–H and O–H groups in total. The van der Waals surface area contributed by atoms with Gasteiger partial charge in [0.15, 0.2) is 0 Å². The maximum absolute atomic E-state index is 13.5. The zero-order chi connectivity index (χ0) is 9.42. The van der Waals surface area contributed by atoms with Crippen LogP contribution in [0, 0.1) is 16.3 Å². The lowest BCUT2D eigenvalue weighted by Gasteiger charge is -2.03. The lowest BCUT2D eigenvalue weighted by atomic mass is 10.1. The highest BCUT2D eigenvalue weighted by atomic mass is 127. The molecule has 0 aromatic heterocycles. The minimum atomic E-state index is -0.125. The summed E-state index contributed by atoms with van der Waals surface area (Å²) in [7, 11) is 0. The number of rotatable bonds is 0. The summed E-state index contributed by atoms with van der Waals surface area (Å²) in [6, 6.07) is 9.38. The van der Waals surface area contributed by atoms with Gasteiger partial charge in [0.2, 0.25) is 0 Å². The molecule has 0 saturated carbocycles. The summed E-state index contributed by atoms with van der Waals surface area (Å²) >= 11 is 2.13. The lowest BCUT2D eigenvalue weighted by molar-refractivity contribution is 0.638. The van der Waals surface area contributed by atoms with Crippen molar-refractivity contribution in [2.45, 2.75) is 6.92 Å². The first kappa shape index (κ1) is 8.94. The van der Waals surface area contributed by atoms with Gasteiger partial charge in [0.25, 0.3) is 0 Å². The SMILES string of the molecule is Cc1cccc2cc(I)cc(F)c12. The Balaban J connectivity index is 2.94. The van der Waals surface area contributed by atoms with Gasteiger partial charge in [-0.1, -0.05) is 18.2 Å². The standard InChI is InChI=1S/C11H8FI/c1-7-3-2-4-8-5-9(13)6-10(12)11(7)8/h2-6H,1H3. The molecular weight excluding hydrogens is 278 g/mol. The number of hydrogen-bond acceptors (Lipinski definition) is 0. The summed E-state index contributed by atoms with van der Waals surface area (Å²) in [6.45, 7) is 1.93. The van der Waals surface area contributed by atoms with Crippen molar-refractivity contribution in [3.05, 3.63) is 45.3 Å². The molecule has 13 heavy (non-hydrogen) atoms. The van der Waals surface area contributed by atoms with E-state index in [2.05, 4.69) is 22.6 Å². The van der Waals surface area contributed by atoms with E-state index in [4.69, 9.17) is 0 Å². The number of benzene rings is 2. The van der Waals surface area contributed by atoms with Crippen LogP contribution >= 0.6 is 22.6 Å². The van der Waals surface area contributed by atoms with Crippen LogP contribution in [0.2, 0.25) is 0 Å². The maximum Gasteiger partial charge on any atom is 0.132 e. The molecule has 0 aliphatic heterocycles. The van der Waals surface area contributed by atoms with Crippen LogP contribution in [-0.4, -0.2) is 0 Å². The Morgan fingerprint density at radius 3 is 2.77 bits per heavy atom. The summed E-state index contributed by atoms with van der Waals surface area (Å²) in [6.07, 6.45) is 0. The summed E-state index contributed by atoms with van der Waals surface area (Å²) in [4.78, 5) is 0. The van der Waals surface area contributed by atoms with E-state index in [1.165, 1.54) is 0 Å². The van der Waals surface area contributed by atoms with Gasteiger partial charge in [-0.3, -0.25) is 0 Å². The Morgan fingerprint density at radius 2 is 2.00 bits per heavy atom. The van der Waals surface area contributed by atoms with Crippen LogP contribution in [-0.2, 0) is 0 Å². The molecular formula is C11H8FI. The first-order valence-electron chi connectivity index (χ1n) is 4.03. The van der Waals surface area contributed by atoms with Crippen LogP contribution in [0.25, 0.3) is 10.8 Å². The van der Waals surface area contributed by atoms with Gasteiger partial charge in [0.1, 0.15) is 5.82 Å². The molecule has 0 amide bonds. The van der Waals surface area contributed by atoms with Crippen molar-refractivity contribution in [3.63, 3.8) is 0 Å². The predicted molar refractivity (Wildman–Crippen MR) is 61.4 cm³/mol. The smallest absolute Gasteiger partial charge is 0.132 e. The first-order valence-corrected chi connectivity index (χ1v) is 5.11. The molecule has 2 aromatic rings. The lowest BCUT2D eigenvalue weighted by Crippen LogP contribution is -1.85. The maximum atomic E-state index is 13.5. The van der Waals surface area contributed by atoms with E-state index < -0.39 is 0 Å². The predicted octanol–water partition coefficient (Wildman–Crippen LogP) is 3.89. The Kier molecular flexibility index (Phi) is 2.24. The molecule has 0 spiro atoms. The number of fused-ring (bicyclic) bond motifs is 1. The summed E-state index contributed by atoms with van der Waals surface area (Å²) < 4.78 is 14.4. The second-order valence-electron chi connectivity index (χ2n) is 3.06. The van der Waals surface area contributed by atoms with Crippen LogP contribution in [0.5, 0.6) is 0 Å². The van der Waals surface area contributed by atoms with Crippen molar-refractivity contribution >= 4 is 33.4 Å². The van der Waals surface area contributed by atoms with E-state index in [1.54, 1.807) is 6.07 Å². The molecule has 0 aliphatic rings. The second-order valence-corrected chi connectivity index (χ2v) is 4.31. The van der Waals surface area contributed by atoms with Crippen molar-refractivity contribution in [2.24, 2.45) is 0 Å². The third-order valence-corrected chi connectivity index (χ3v) is 2.72. The highest BCUT2D eigenvalue weighted by Gasteiger charge is 2.03. The second kappa shape index (κ2) is 3.25. The van der Waals surface area contributed by atoms with Gasteiger partial charge in [-0.05, 0) is 52.6 Å². The molecule has 2 heteroatoms. The number of aryl methyl sites for hydroxylation is 1. The monoisotopic (exact) mass is 286 g/mol. The van der Waals surface area contributed by atoms with Gasteiger partial charge in [-0.25, -0.2) is 4.39 Å². The molecule has 0 fully saturated rings. The molecule has 2 aromatic carbocycles. The normalized spacial score (nSPS) is 10.7. The fraction of sp³-hybridized carbons (Fsp3) is 0.0909. The van der Waals surface area contributed by atoms with E-state index in [0.717, 1.165) is 19.9 Å². The molecule has 0 nitrogen and oxygen atoms in total. The van der Waals surface area contributed by atoms with Crippen LogP contribution < -0.4 is 0 Å². The topological polar surface area (TPSA) is 0 Å². The molecule has 0 atom stereocenters. The Morgan fingerprint density at radius 1 is 1.23 bits per heavy atom. The quantitative estimate of drug-likeness (QED) is 0.644. The van der Waals surface area contributed by atoms with Gasteiger partial charge in [0, 0.05) is 8.96 Å². The van der Waals surface area contributed by atoms with Crippen molar-refractivity contribution in [3.8, 4) is 0 Å². The van der Waals surface area contributed by atoms with Gasteiger partial charge in [0.05, 0.1) is 0 Å². The fourth-order valence-electron chi connectivity index (χ4n) is 1.52. The largest absolute Gasteiger partial charge is 0.206 e. The molecule has 2 rings (SSSR count). The van der Waals surface area contributed by atoms with E-state index in [0.29, 0.717) is 0 Å².